The van der Waals surface area contributed by atoms with Crippen LogP contribution in [-0.4, -0.2) is 56.7 Å². The molecule has 0 aliphatic carbocycles. The van der Waals surface area contributed by atoms with E-state index in [0.717, 1.165) is 16.9 Å². The number of ether oxygens (including phenoxy) is 6. The Morgan fingerprint density at radius 2 is 1.73 bits per heavy atom. The van der Waals surface area contributed by atoms with Crippen LogP contribution in [0.4, 0.5) is 0 Å². The predicted octanol–water partition coefficient (Wildman–Crippen LogP) is 5.81. The Labute approximate surface area is 243 Å². The highest BCUT2D eigenvalue weighted by atomic mass is 16.7. The van der Waals surface area contributed by atoms with Crippen molar-refractivity contribution in [3.8, 4) is 5.75 Å². The lowest BCUT2D eigenvalue weighted by Crippen LogP contribution is -2.59. The van der Waals surface area contributed by atoms with Crippen LogP contribution in [0, 0.1) is 5.41 Å². The van der Waals surface area contributed by atoms with Crippen molar-refractivity contribution in [3.63, 3.8) is 0 Å². The van der Waals surface area contributed by atoms with Crippen LogP contribution in [0.25, 0.3) is 0 Å². The fourth-order valence-electron chi connectivity index (χ4n) is 4.93. The number of carbonyl (C=O) groups excluding carboxylic acids is 2. The Hall–Kier alpha value is -2.88. The van der Waals surface area contributed by atoms with Gasteiger partial charge in [0.15, 0.2) is 11.6 Å². The number of allylic oxidation sites excluding steroid dienone is 1. The minimum absolute atomic E-state index is 0.105. The molecule has 1 aliphatic heterocycles. The van der Waals surface area contributed by atoms with Crippen molar-refractivity contribution >= 4 is 11.6 Å². The molecule has 0 radical (unpaired) electrons. The fourth-order valence-corrected chi connectivity index (χ4v) is 4.93. The third-order valence-electron chi connectivity index (χ3n) is 7.43. The van der Waals surface area contributed by atoms with Crippen molar-refractivity contribution in [2.24, 2.45) is 5.41 Å². The van der Waals surface area contributed by atoms with Crippen LogP contribution in [0.15, 0.2) is 66.7 Å². The maximum atomic E-state index is 13.2. The number of methoxy groups -OCH3 is 2. The topological polar surface area (TPSA) is 89.5 Å². The molecule has 1 heterocycles. The molecule has 0 amide bonds. The van der Waals surface area contributed by atoms with Crippen molar-refractivity contribution in [2.45, 2.75) is 84.3 Å². The van der Waals surface area contributed by atoms with Gasteiger partial charge in [-0.15, -0.1) is 0 Å². The zero-order chi connectivity index (χ0) is 29.9. The monoisotopic (exact) mass is 568 g/mol. The number of hydrogen-bond acceptors (Lipinski definition) is 8. The van der Waals surface area contributed by atoms with Crippen molar-refractivity contribution in [1.29, 1.82) is 0 Å². The van der Waals surface area contributed by atoms with Crippen molar-refractivity contribution in [3.05, 3.63) is 77.9 Å². The molecule has 2 aromatic rings. The highest BCUT2D eigenvalue weighted by molar-refractivity contribution is 5.89. The molecule has 0 saturated carbocycles. The lowest BCUT2D eigenvalue weighted by atomic mass is 9.76. The molecule has 0 aromatic heterocycles. The van der Waals surface area contributed by atoms with Gasteiger partial charge in [-0.25, -0.2) is 0 Å². The average Bonchev–Trinajstić information content (AvgIpc) is 2.97. The van der Waals surface area contributed by atoms with Crippen molar-refractivity contribution in [1.82, 2.24) is 0 Å². The Morgan fingerprint density at radius 3 is 2.37 bits per heavy atom. The van der Waals surface area contributed by atoms with E-state index in [2.05, 4.69) is 0 Å². The van der Waals surface area contributed by atoms with Gasteiger partial charge in [0.25, 0.3) is 0 Å². The molecule has 1 fully saturated rings. The average molecular weight is 569 g/mol. The first-order valence-corrected chi connectivity index (χ1v) is 14.0. The normalized spacial score (nSPS) is 21.1. The van der Waals surface area contributed by atoms with Gasteiger partial charge in [0.2, 0.25) is 5.79 Å². The highest BCUT2D eigenvalue weighted by Gasteiger charge is 2.55. The predicted molar refractivity (Wildman–Crippen MR) is 155 cm³/mol. The highest BCUT2D eigenvalue weighted by Crippen LogP contribution is 2.43. The molecule has 8 heteroatoms. The molecule has 41 heavy (non-hydrogen) atoms. The van der Waals surface area contributed by atoms with Crippen LogP contribution in [0.3, 0.4) is 0 Å². The summed E-state index contributed by atoms with van der Waals surface area (Å²) in [6.07, 6.45) is 3.40. The van der Waals surface area contributed by atoms with E-state index in [1.165, 1.54) is 20.1 Å². The molecule has 2 aromatic carbocycles. The fraction of sp³-hybridized carbons (Fsp3) is 0.515. The summed E-state index contributed by atoms with van der Waals surface area (Å²) >= 11 is 0. The molecule has 1 saturated heterocycles. The number of ketones is 2. The summed E-state index contributed by atoms with van der Waals surface area (Å²) in [5.41, 5.74) is 1.18. The van der Waals surface area contributed by atoms with E-state index in [1.54, 1.807) is 13.2 Å². The third kappa shape index (κ3) is 9.05. The van der Waals surface area contributed by atoms with Crippen LogP contribution in [-0.2, 0) is 46.5 Å². The van der Waals surface area contributed by atoms with E-state index in [-0.39, 0.29) is 43.1 Å². The van der Waals surface area contributed by atoms with Crippen LogP contribution in [0.2, 0.25) is 0 Å². The van der Waals surface area contributed by atoms with E-state index in [4.69, 9.17) is 28.4 Å². The molecule has 0 unspecified atom stereocenters. The smallest absolute Gasteiger partial charge is 0.237 e. The molecule has 0 N–H and O–H groups in total. The number of carbonyl (C=O) groups is 2. The molecule has 3 rings (SSSR count). The molecular formula is C33H44O8. The minimum Gasteiger partial charge on any atom is -0.497 e. The van der Waals surface area contributed by atoms with E-state index < -0.39 is 11.2 Å². The lowest BCUT2D eigenvalue weighted by molar-refractivity contribution is -0.286. The minimum atomic E-state index is -1.52. The summed E-state index contributed by atoms with van der Waals surface area (Å²) in [7, 11) is 3.10. The van der Waals surface area contributed by atoms with Crippen LogP contribution < -0.4 is 4.74 Å². The van der Waals surface area contributed by atoms with Gasteiger partial charge in [-0.3, -0.25) is 9.59 Å². The molecule has 0 bridgehead atoms. The van der Waals surface area contributed by atoms with Gasteiger partial charge in [0.1, 0.15) is 12.5 Å². The Balaban J connectivity index is 1.71. The number of hydrogen-bond donors (Lipinski definition) is 0. The summed E-state index contributed by atoms with van der Waals surface area (Å²) in [5.74, 6) is -1.01. The largest absolute Gasteiger partial charge is 0.497 e. The van der Waals surface area contributed by atoms with Crippen LogP contribution >= 0.6 is 0 Å². The Bertz CT molecular complexity index is 1130. The summed E-state index contributed by atoms with van der Waals surface area (Å²) in [4.78, 5) is 24.9. The Morgan fingerprint density at radius 1 is 1.05 bits per heavy atom. The molecule has 0 spiro atoms. The molecule has 224 valence electrons. The zero-order valence-electron chi connectivity index (χ0n) is 25.1. The van der Waals surface area contributed by atoms with Gasteiger partial charge in [-0.2, -0.15) is 0 Å². The molecule has 8 nitrogen and oxygen atoms in total. The second-order valence-corrected chi connectivity index (χ2v) is 10.9. The first-order chi connectivity index (χ1) is 19.6. The first-order valence-electron chi connectivity index (χ1n) is 14.0. The molecular weight excluding hydrogens is 524 g/mol. The maximum absolute atomic E-state index is 13.2. The Kier molecular flexibility index (Phi) is 12.2. The van der Waals surface area contributed by atoms with Gasteiger partial charge in [-0.05, 0) is 49.6 Å². The molecule has 1 aliphatic rings. The van der Waals surface area contributed by atoms with E-state index in [1.807, 2.05) is 75.4 Å². The van der Waals surface area contributed by atoms with Crippen LogP contribution in [0.5, 0.6) is 5.75 Å². The summed E-state index contributed by atoms with van der Waals surface area (Å²) in [6, 6.07) is 17.6. The van der Waals surface area contributed by atoms with Gasteiger partial charge >= 0.3 is 0 Å². The lowest BCUT2D eigenvalue weighted by Gasteiger charge is -2.47. The van der Waals surface area contributed by atoms with Crippen molar-refractivity contribution < 1.29 is 38.0 Å². The number of rotatable bonds is 16. The van der Waals surface area contributed by atoms with Gasteiger partial charge in [0, 0.05) is 25.4 Å². The zero-order valence-corrected chi connectivity index (χ0v) is 25.1. The third-order valence-corrected chi connectivity index (χ3v) is 7.43. The van der Waals surface area contributed by atoms with Crippen LogP contribution in [0.1, 0.15) is 58.1 Å². The van der Waals surface area contributed by atoms with Gasteiger partial charge < -0.3 is 28.4 Å². The second kappa shape index (κ2) is 15.4. The summed E-state index contributed by atoms with van der Waals surface area (Å²) in [6.45, 7) is 8.00. The van der Waals surface area contributed by atoms with E-state index in [0.29, 0.717) is 26.1 Å². The first kappa shape index (κ1) is 32.6. The SMILES string of the molecule is COc1ccc(CO[C@H](C[C@@H]2CCC(=O)[C@](OC)(C(C)(C)/C=C/C(C)=O)O2)[C@@H](C)OCOCc2ccccc2)cc1. The maximum Gasteiger partial charge on any atom is 0.237 e. The van der Waals surface area contributed by atoms with E-state index >= 15 is 0 Å². The second-order valence-electron chi connectivity index (χ2n) is 10.9. The number of Topliss-reactive ketones (excluding diaryl/α,β-unsaturated/α-hetero) is 1. The standard InChI is InChI=1S/C33H44O8/c1-24(34)18-19-32(3,4)33(37-6)31(35)17-16-29(41-33)20-30(39-22-27-12-14-28(36-5)15-13-27)25(2)40-23-38-21-26-10-8-7-9-11-26/h7-15,18-19,25,29-30H,16-17,20-23H2,1-6H3/b19-18+/t25-,29+,30-,33-/m1/s1. The van der Waals surface area contributed by atoms with Gasteiger partial charge in [-0.1, -0.05) is 62.4 Å². The quantitative estimate of drug-likeness (QED) is 0.142. The molecule has 4 atom stereocenters. The van der Waals surface area contributed by atoms with Crippen molar-refractivity contribution in [2.75, 3.05) is 21.0 Å². The van der Waals surface area contributed by atoms with E-state index in [9.17, 15) is 9.59 Å². The summed E-state index contributed by atoms with van der Waals surface area (Å²) in [5, 5.41) is 0. The number of benzene rings is 2. The van der Waals surface area contributed by atoms with Gasteiger partial charge in [0.05, 0.1) is 38.6 Å². The summed E-state index contributed by atoms with van der Waals surface area (Å²) < 4.78 is 35.7.